The smallest absolute Gasteiger partial charge is 0.0678 e. The number of morpholine rings is 1. The highest BCUT2D eigenvalue weighted by molar-refractivity contribution is 5.14. The molecular weight excluding hydrogens is 222 g/mol. The van der Waals surface area contributed by atoms with Gasteiger partial charge in [0.15, 0.2) is 0 Å². The minimum atomic E-state index is 0.368. The van der Waals surface area contributed by atoms with Crippen molar-refractivity contribution in [3.05, 3.63) is 35.9 Å². The van der Waals surface area contributed by atoms with Crippen LogP contribution in [0.3, 0.4) is 0 Å². The van der Waals surface area contributed by atoms with Crippen LogP contribution in [-0.2, 0) is 11.2 Å². The molecule has 0 radical (unpaired) electrons. The third-order valence-corrected chi connectivity index (χ3v) is 3.76. The van der Waals surface area contributed by atoms with Crippen LogP contribution in [0.5, 0.6) is 0 Å². The molecule has 0 unspecified atom stereocenters. The van der Waals surface area contributed by atoms with Crippen LogP contribution in [0, 0.1) is 0 Å². The van der Waals surface area contributed by atoms with E-state index >= 15 is 0 Å². The lowest BCUT2D eigenvalue weighted by molar-refractivity contribution is -0.0790. The lowest BCUT2D eigenvalue weighted by Crippen LogP contribution is -2.49. The van der Waals surface area contributed by atoms with Crippen molar-refractivity contribution in [2.24, 2.45) is 0 Å². The molecule has 0 bridgehead atoms. The van der Waals surface area contributed by atoms with E-state index in [1.807, 2.05) is 0 Å². The van der Waals surface area contributed by atoms with E-state index in [-0.39, 0.29) is 0 Å². The molecule has 100 valence electrons. The second-order valence-corrected chi connectivity index (χ2v) is 5.58. The van der Waals surface area contributed by atoms with Crippen molar-refractivity contribution in [2.45, 2.75) is 51.9 Å². The number of benzene rings is 1. The number of nitrogens with zero attached hydrogens (tertiary/aromatic N) is 1. The highest BCUT2D eigenvalue weighted by Crippen LogP contribution is 2.16. The van der Waals surface area contributed by atoms with Crippen molar-refractivity contribution >= 4 is 0 Å². The molecule has 1 aromatic rings. The molecule has 1 heterocycles. The number of rotatable bonds is 4. The van der Waals surface area contributed by atoms with Gasteiger partial charge < -0.3 is 4.74 Å². The maximum absolute atomic E-state index is 5.79. The first-order valence-electron chi connectivity index (χ1n) is 7.08. The lowest BCUT2D eigenvalue weighted by atomic mass is 10.0. The zero-order valence-electron chi connectivity index (χ0n) is 11.8. The topological polar surface area (TPSA) is 12.5 Å². The summed E-state index contributed by atoms with van der Waals surface area (Å²) in [5, 5.41) is 0. The van der Waals surface area contributed by atoms with Crippen LogP contribution in [0.1, 0.15) is 32.8 Å². The zero-order chi connectivity index (χ0) is 13.0. The van der Waals surface area contributed by atoms with Crippen molar-refractivity contribution in [3.8, 4) is 0 Å². The van der Waals surface area contributed by atoms with Crippen molar-refractivity contribution in [1.82, 2.24) is 4.90 Å². The van der Waals surface area contributed by atoms with Gasteiger partial charge in [0.2, 0.25) is 0 Å². The molecule has 0 amide bonds. The summed E-state index contributed by atoms with van der Waals surface area (Å²) in [5.41, 5.74) is 1.44. The number of hydrogen-bond donors (Lipinski definition) is 0. The van der Waals surface area contributed by atoms with E-state index < -0.39 is 0 Å². The first-order chi connectivity index (χ1) is 8.65. The Morgan fingerprint density at radius 2 is 1.78 bits per heavy atom. The zero-order valence-corrected chi connectivity index (χ0v) is 11.8. The summed E-state index contributed by atoms with van der Waals surface area (Å²) in [6.45, 7) is 8.83. The van der Waals surface area contributed by atoms with Crippen LogP contribution < -0.4 is 0 Å². The molecule has 2 rings (SSSR count). The Balaban J connectivity index is 1.82. The molecule has 0 aliphatic carbocycles. The molecule has 1 aromatic carbocycles. The van der Waals surface area contributed by atoms with Crippen LogP contribution in [0.25, 0.3) is 0 Å². The van der Waals surface area contributed by atoms with Gasteiger partial charge in [0.1, 0.15) is 0 Å². The van der Waals surface area contributed by atoms with Crippen molar-refractivity contribution < 1.29 is 4.74 Å². The van der Waals surface area contributed by atoms with E-state index in [4.69, 9.17) is 4.74 Å². The first-order valence-corrected chi connectivity index (χ1v) is 7.08. The molecule has 1 aliphatic rings. The summed E-state index contributed by atoms with van der Waals surface area (Å²) in [7, 11) is 0. The van der Waals surface area contributed by atoms with Gasteiger partial charge in [0.05, 0.1) is 12.2 Å². The molecule has 0 saturated carbocycles. The molecule has 0 aromatic heterocycles. The summed E-state index contributed by atoms with van der Waals surface area (Å²) >= 11 is 0. The monoisotopic (exact) mass is 247 g/mol. The summed E-state index contributed by atoms with van der Waals surface area (Å²) < 4.78 is 5.79. The van der Waals surface area contributed by atoms with Gasteiger partial charge in [-0.05, 0) is 39.2 Å². The highest BCUT2D eigenvalue weighted by Gasteiger charge is 2.25. The standard InChI is InChI=1S/C16H25NO/c1-13(9-10-16-7-5-4-6-8-16)17-11-14(2)18-15(3)12-17/h4-8,13-15H,9-12H2,1-3H3/t13-,14+,15+/m0/s1. The fourth-order valence-corrected chi connectivity index (χ4v) is 2.78. The van der Waals surface area contributed by atoms with Gasteiger partial charge in [-0.2, -0.15) is 0 Å². The largest absolute Gasteiger partial charge is 0.373 e. The number of hydrogen-bond acceptors (Lipinski definition) is 2. The van der Waals surface area contributed by atoms with E-state index in [0.29, 0.717) is 18.2 Å². The van der Waals surface area contributed by atoms with E-state index in [9.17, 15) is 0 Å². The lowest BCUT2D eigenvalue weighted by Gasteiger charge is -2.39. The highest BCUT2D eigenvalue weighted by atomic mass is 16.5. The van der Waals surface area contributed by atoms with Gasteiger partial charge >= 0.3 is 0 Å². The van der Waals surface area contributed by atoms with Gasteiger partial charge in [0, 0.05) is 19.1 Å². The maximum Gasteiger partial charge on any atom is 0.0678 e. The summed E-state index contributed by atoms with van der Waals surface area (Å²) in [5.74, 6) is 0. The molecule has 2 nitrogen and oxygen atoms in total. The van der Waals surface area contributed by atoms with Gasteiger partial charge in [0.25, 0.3) is 0 Å². The van der Waals surface area contributed by atoms with Crippen LogP contribution in [0.2, 0.25) is 0 Å². The third kappa shape index (κ3) is 3.82. The third-order valence-electron chi connectivity index (χ3n) is 3.76. The van der Waals surface area contributed by atoms with Gasteiger partial charge in [-0.1, -0.05) is 30.3 Å². The number of aryl methyl sites for hydroxylation is 1. The van der Waals surface area contributed by atoms with Crippen molar-refractivity contribution in [1.29, 1.82) is 0 Å². The maximum atomic E-state index is 5.79. The fourth-order valence-electron chi connectivity index (χ4n) is 2.78. The minimum absolute atomic E-state index is 0.368. The Morgan fingerprint density at radius 1 is 1.17 bits per heavy atom. The van der Waals surface area contributed by atoms with Gasteiger partial charge in [-0.15, -0.1) is 0 Å². The predicted octanol–water partition coefficient (Wildman–Crippen LogP) is 3.12. The average Bonchev–Trinajstić information content (AvgIpc) is 2.36. The molecule has 1 aliphatic heterocycles. The van der Waals surface area contributed by atoms with Crippen molar-refractivity contribution in [2.75, 3.05) is 13.1 Å². The van der Waals surface area contributed by atoms with E-state index in [2.05, 4.69) is 56.0 Å². The Hall–Kier alpha value is -0.860. The quantitative estimate of drug-likeness (QED) is 0.810. The van der Waals surface area contributed by atoms with Crippen LogP contribution >= 0.6 is 0 Å². The normalized spacial score (nSPS) is 27.1. The van der Waals surface area contributed by atoms with E-state index in [1.165, 1.54) is 18.4 Å². The fraction of sp³-hybridized carbons (Fsp3) is 0.625. The SMILES string of the molecule is C[C@@H]1CN([C@@H](C)CCc2ccccc2)C[C@@H](C)O1. The van der Waals surface area contributed by atoms with E-state index in [0.717, 1.165) is 13.1 Å². The Morgan fingerprint density at radius 3 is 2.39 bits per heavy atom. The van der Waals surface area contributed by atoms with E-state index in [1.54, 1.807) is 0 Å². The van der Waals surface area contributed by atoms with Crippen molar-refractivity contribution in [3.63, 3.8) is 0 Å². The molecular formula is C16H25NO. The molecule has 1 fully saturated rings. The molecule has 1 saturated heterocycles. The molecule has 0 spiro atoms. The average molecular weight is 247 g/mol. The summed E-state index contributed by atoms with van der Waals surface area (Å²) in [4.78, 5) is 2.57. The molecule has 18 heavy (non-hydrogen) atoms. The molecule has 0 N–H and O–H groups in total. The predicted molar refractivity (Wildman–Crippen MR) is 75.8 cm³/mol. The minimum Gasteiger partial charge on any atom is -0.373 e. The van der Waals surface area contributed by atoms with Crippen LogP contribution in [0.15, 0.2) is 30.3 Å². The second-order valence-electron chi connectivity index (χ2n) is 5.58. The van der Waals surface area contributed by atoms with Gasteiger partial charge in [-0.25, -0.2) is 0 Å². The summed E-state index contributed by atoms with van der Waals surface area (Å²) in [6.07, 6.45) is 3.13. The molecule has 3 atom stereocenters. The first kappa shape index (κ1) is 13.6. The number of ether oxygens (including phenoxy) is 1. The van der Waals surface area contributed by atoms with Gasteiger partial charge in [-0.3, -0.25) is 4.90 Å². The second kappa shape index (κ2) is 6.35. The van der Waals surface area contributed by atoms with Crippen LogP contribution in [-0.4, -0.2) is 36.2 Å². The summed E-state index contributed by atoms with van der Waals surface area (Å²) in [6, 6.07) is 11.4. The Labute approximate surface area is 111 Å². The van der Waals surface area contributed by atoms with Crippen LogP contribution in [0.4, 0.5) is 0 Å². The Kier molecular flexibility index (Phi) is 4.79. The molecule has 2 heteroatoms. The Bertz CT molecular complexity index is 341.